The lowest BCUT2D eigenvalue weighted by atomic mass is 10.0. The first-order chi connectivity index (χ1) is 19.0. The number of carboxylic acid groups (broad SMARTS) is 2. The van der Waals surface area contributed by atoms with Crippen molar-refractivity contribution in [3.8, 4) is 0 Å². The van der Waals surface area contributed by atoms with Crippen molar-refractivity contribution in [1.82, 2.24) is 26.6 Å². The van der Waals surface area contributed by atoms with E-state index in [0.717, 1.165) is 21.6 Å². The molecule has 0 saturated carbocycles. The maximum atomic E-state index is 13.3. The first-order valence-corrected chi connectivity index (χ1v) is 14.7. The molecule has 1 aliphatic heterocycles. The number of carbonyl (C=O) groups is 7. The zero-order valence-corrected chi connectivity index (χ0v) is 23.1. The number of rotatable bonds is 11. The Kier molecular flexibility index (Phi) is 13.2. The maximum Gasteiger partial charge on any atom is 0.322 e. The molecule has 5 amide bonds. The summed E-state index contributed by atoms with van der Waals surface area (Å²) < 4.78 is 0. The van der Waals surface area contributed by atoms with Gasteiger partial charge in [0, 0.05) is 24.3 Å². The molecule has 1 aliphatic rings. The van der Waals surface area contributed by atoms with E-state index < -0.39 is 78.6 Å². The Labute approximate surface area is 237 Å². The summed E-state index contributed by atoms with van der Waals surface area (Å²) in [6.45, 7) is 0.886. The third-order valence-corrected chi connectivity index (χ3v) is 7.92. The third-order valence-electron chi connectivity index (χ3n) is 5.50. The first-order valence-electron chi connectivity index (χ1n) is 12.2. The molecule has 0 aromatic heterocycles. The van der Waals surface area contributed by atoms with Crippen LogP contribution in [0.1, 0.15) is 25.3 Å². The fourth-order valence-electron chi connectivity index (χ4n) is 3.44. The molecule has 0 radical (unpaired) electrons. The Morgan fingerprint density at radius 1 is 0.975 bits per heavy atom. The Bertz CT molecular complexity index is 1110. The normalized spacial score (nSPS) is 20.5. The highest BCUT2D eigenvalue weighted by atomic mass is 33.1. The van der Waals surface area contributed by atoms with Crippen molar-refractivity contribution in [3.05, 3.63) is 35.9 Å². The molecule has 2 rings (SSSR count). The number of carbonyl (C=O) groups excluding carboxylic acids is 5. The summed E-state index contributed by atoms with van der Waals surface area (Å²) in [5, 5.41) is 30.2. The molecular formula is C24H31N5O9S2. The quantitative estimate of drug-likeness (QED) is 0.148. The zero-order chi connectivity index (χ0) is 29.7. The average Bonchev–Trinajstić information content (AvgIpc) is 2.93. The summed E-state index contributed by atoms with van der Waals surface area (Å²) in [5.41, 5.74) is 0.692. The van der Waals surface area contributed by atoms with E-state index in [1.807, 2.05) is 0 Å². The predicted octanol–water partition coefficient (Wildman–Crippen LogP) is -1.35. The van der Waals surface area contributed by atoms with Crippen LogP contribution in [0.3, 0.4) is 0 Å². The molecule has 4 atom stereocenters. The van der Waals surface area contributed by atoms with Crippen LogP contribution >= 0.6 is 21.6 Å². The van der Waals surface area contributed by atoms with Crippen molar-refractivity contribution in [2.24, 2.45) is 0 Å². The van der Waals surface area contributed by atoms with Crippen LogP contribution in [0.25, 0.3) is 0 Å². The zero-order valence-electron chi connectivity index (χ0n) is 21.5. The van der Waals surface area contributed by atoms with E-state index in [4.69, 9.17) is 5.11 Å². The summed E-state index contributed by atoms with van der Waals surface area (Å²) in [6, 6.07) is 3.79. The molecular weight excluding hydrogens is 566 g/mol. The summed E-state index contributed by atoms with van der Waals surface area (Å²) in [4.78, 5) is 85.9. The molecule has 14 nitrogen and oxygen atoms in total. The van der Waals surface area contributed by atoms with Gasteiger partial charge in [-0.05, 0) is 5.56 Å². The van der Waals surface area contributed by atoms with Gasteiger partial charge in [0.05, 0.1) is 6.42 Å². The fourth-order valence-corrected chi connectivity index (χ4v) is 5.77. The van der Waals surface area contributed by atoms with Gasteiger partial charge in [-0.2, -0.15) is 0 Å². The topological polar surface area (TPSA) is 220 Å². The average molecular weight is 598 g/mol. The van der Waals surface area contributed by atoms with E-state index in [1.54, 1.807) is 30.3 Å². The summed E-state index contributed by atoms with van der Waals surface area (Å²) in [5.74, 6) is -6.21. The van der Waals surface area contributed by atoms with Gasteiger partial charge < -0.3 is 36.8 Å². The van der Waals surface area contributed by atoms with Gasteiger partial charge in [-0.15, -0.1) is 0 Å². The molecule has 0 unspecified atom stereocenters. The van der Waals surface area contributed by atoms with Crippen LogP contribution in [-0.4, -0.2) is 93.9 Å². The Morgan fingerprint density at radius 3 is 2.27 bits per heavy atom. The molecule has 1 aromatic rings. The fraction of sp³-hybridized carbons (Fsp3) is 0.458. The highest BCUT2D eigenvalue weighted by Crippen LogP contribution is 2.24. The highest BCUT2D eigenvalue weighted by Gasteiger charge is 2.33. The van der Waals surface area contributed by atoms with Crippen LogP contribution in [0.4, 0.5) is 0 Å². The highest BCUT2D eigenvalue weighted by molar-refractivity contribution is 8.76. The number of hydrogen-bond donors (Lipinski definition) is 7. The molecule has 0 bridgehead atoms. The number of benzene rings is 1. The lowest BCUT2D eigenvalue weighted by molar-refractivity contribution is -0.141. The van der Waals surface area contributed by atoms with E-state index in [-0.39, 0.29) is 24.3 Å². The second-order valence-corrected chi connectivity index (χ2v) is 11.2. The Balaban J connectivity index is 2.29. The van der Waals surface area contributed by atoms with Gasteiger partial charge in [-0.3, -0.25) is 33.6 Å². The largest absolute Gasteiger partial charge is 0.481 e. The van der Waals surface area contributed by atoms with Gasteiger partial charge in [0.15, 0.2) is 0 Å². The number of nitrogens with one attached hydrogen (secondary N) is 5. The van der Waals surface area contributed by atoms with Gasteiger partial charge >= 0.3 is 11.9 Å². The minimum absolute atomic E-state index is 0.0112. The van der Waals surface area contributed by atoms with Crippen molar-refractivity contribution in [1.29, 1.82) is 0 Å². The Hall–Kier alpha value is -3.79. The third kappa shape index (κ3) is 11.1. The minimum Gasteiger partial charge on any atom is -0.481 e. The minimum atomic E-state index is -1.43. The standard InChI is InChI=1S/C24H31N5O9S2/c1-2-18(30)26-15(9-19(31)32)23(37)29-17-12-40-39-11-16(21(35)25-10-20(33)34)28-22(36)14(27-24(17)38)8-13-6-4-3-5-7-13/h3-7,14-17H,2,8-12H2,1H3,(H,25,35)(H,26,30)(H,27,38)(H,28,36)(H,29,37)(H,31,32)(H,33,34)/t14-,15-,16-,17-/m0/s1. The number of hydrogen-bond acceptors (Lipinski definition) is 9. The van der Waals surface area contributed by atoms with Crippen molar-refractivity contribution in [2.45, 2.75) is 50.4 Å². The summed E-state index contributed by atoms with van der Waals surface area (Å²) in [7, 11) is 2.20. The number of aliphatic carboxylic acids is 2. The molecule has 40 heavy (non-hydrogen) atoms. The number of amides is 5. The molecule has 218 valence electrons. The molecule has 1 aromatic carbocycles. The van der Waals surface area contributed by atoms with Crippen LogP contribution < -0.4 is 26.6 Å². The SMILES string of the molecule is CCC(=O)N[C@@H](CC(=O)O)C(=O)N[C@H]1CSSC[C@@H](C(=O)NCC(=O)O)NC(=O)[C@H](Cc2ccccc2)NC1=O. The molecule has 0 aliphatic carbocycles. The van der Waals surface area contributed by atoms with Crippen LogP contribution in [0.15, 0.2) is 30.3 Å². The van der Waals surface area contributed by atoms with Crippen LogP contribution in [0.2, 0.25) is 0 Å². The first kappa shape index (κ1) is 32.4. The van der Waals surface area contributed by atoms with E-state index >= 15 is 0 Å². The predicted molar refractivity (Wildman–Crippen MR) is 146 cm³/mol. The van der Waals surface area contributed by atoms with Crippen LogP contribution in [-0.2, 0) is 40.0 Å². The molecule has 1 fully saturated rings. The molecule has 1 saturated heterocycles. The lowest BCUT2D eigenvalue weighted by Crippen LogP contribution is -2.59. The van der Waals surface area contributed by atoms with Crippen molar-refractivity contribution < 1.29 is 43.8 Å². The van der Waals surface area contributed by atoms with E-state index in [0.29, 0.717) is 5.56 Å². The van der Waals surface area contributed by atoms with Gasteiger partial charge in [0.1, 0.15) is 30.7 Å². The Morgan fingerprint density at radius 2 is 1.65 bits per heavy atom. The molecule has 0 spiro atoms. The van der Waals surface area contributed by atoms with E-state index in [1.165, 1.54) is 6.92 Å². The molecule has 16 heteroatoms. The van der Waals surface area contributed by atoms with Gasteiger partial charge in [0.2, 0.25) is 29.5 Å². The van der Waals surface area contributed by atoms with Gasteiger partial charge in [-0.25, -0.2) is 0 Å². The summed E-state index contributed by atoms with van der Waals surface area (Å²) >= 11 is 0. The van der Waals surface area contributed by atoms with Crippen LogP contribution in [0.5, 0.6) is 0 Å². The smallest absolute Gasteiger partial charge is 0.322 e. The molecule has 1 heterocycles. The maximum absolute atomic E-state index is 13.3. The van der Waals surface area contributed by atoms with Crippen molar-refractivity contribution in [3.63, 3.8) is 0 Å². The van der Waals surface area contributed by atoms with E-state index in [9.17, 15) is 38.7 Å². The van der Waals surface area contributed by atoms with Crippen molar-refractivity contribution >= 4 is 63.1 Å². The lowest BCUT2D eigenvalue weighted by Gasteiger charge is -2.25. The number of carboxylic acids is 2. The molecule has 7 N–H and O–H groups in total. The van der Waals surface area contributed by atoms with Crippen LogP contribution in [0, 0.1) is 0 Å². The monoisotopic (exact) mass is 597 g/mol. The van der Waals surface area contributed by atoms with Crippen molar-refractivity contribution in [2.75, 3.05) is 18.1 Å². The van der Waals surface area contributed by atoms with Gasteiger partial charge in [0.25, 0.3) is 0 Å². The second-order valence-electron chi connectivity index (χ2n) is 8.63. The second kappa shape index (κ2) is 16.3. The summed E-state index contributed by atoms with van der Waals surface area (Å²) in [6.07, 6.45) is -0.658. The van der Waals surface area contributed by atoms with Gasteiger partial charge in [-0.1, -0.05) is 58.8 Å². The van der Waals surface area contributed by atoms with E-state index in [2.05, 4.69) is 26.6 Å².